The maximum Gasteiger partial charge on any atom is 0.322 e. The van der Waals surface area contributed by atoms with E-state index in [9.17, 15) is 14.0 Å². The molecule has 1 heterocycles. The van der Waals surface area contributed by atoms with Gasteiger partial charge in [0.1, 0.15) is 5.82 Å². The van der Waals surface area contributed by atoms with E-state index >= 15 is 0 Å². The summed E-state index contributed by atoms with van der Waals surface area (Å²) in [6, 6.07) is 23.1. The number of pyridine rings is 1. The maximum atomic E-state index is 14.1. The van der Waals surface area contributed by atoms with Gasteiger partial charge in [0.15, 0.2) is 0 Å². The second-order valence-corrected chi connectivity index (χ2v) is 7.97. The molecule has 6 heteroatoms. The third kappa shape index (κ3) is 5.47. The summed E-state index contributed by atoms with van der Waals surface area (Å²) in [5.74, 6) is -0.510. The SMILES string of the molecule is CCc1ccc2[nH]c(=O)c(CN(CCc3ccccc3)C(=O)Nc3ccccc3F)cc2c1. The van der Waals surface area contributed by atoms with E-state index in [-0.39, 0.29) is 17.8 Å². The summed E-state index contributed by atoms with van der Waals surface area (Å²) in [4.78, 5) is 30.3. The van der Waals surface area contributed by atoms with Crippen molar-refractivity contribution in [3.05, 3.63) is 112 Å². The van der Waals surface area contributed by atoms with Gasteiger partial charge in [0.05, 0.1) is 12.2 Å². The van der Waals surface area contributed by atoms with Crippen molar-refractivity contribution in [3.63, 3.8) is 0 Å². The lowest BCUT2D eigenvalue weighted by Gasteiger charge is -2.23. The number of carbonyl (C=O) groups is 1. The molecular weight excluding hydrogens is 417 g/mol. The highest BCUT2D eigenvalue weighted by atomic mass is 19.1. The molecule has 0 aliphatic rings. The number of carbonyl (C=O) groups excluding carboxylic acids is 1. The van der Waals surface area contributed by atoms with Crippen LogP contribution in [0.3, 0.4) is 0 Å². The molecule has 0 saturated heterocycles. The largest absolute Gasteiger partial charge is 0.322 e. The molecule has 2 N–H and O–H groups in total. The minimum absolute atomic E-state index is 0.104. The zero-order chi connectivity index (χ0) is 23.2. The molecular formula is C27H26FN3O2. The number of nitrogens with one attached hydrogen (secondary N) is 2. The highest BCUT2D eigenvalue weighted by molar-refractivity contribution is 5.89. The van der Waals surface area contributed by atoms with Gasteiger partial charge in [-0.25, -0.2) is 9.18 Å². The number of para-hydroxylation sites is 1. The fraction of sp³-hybridized carbons (Fsp3) is 0.185. The average molecular weight is 444 g/mol. The Kier molecular flexibility index (Phi) is 6.83. The van der Waals surface area contributed by atoms with Gasteiger partial charge in [-0.05, 0) is 59.7 Å². The van der Waals surface area contributed by atoms with Gasteiger partial charge in [0.2, 0.25) is 0 Å². The molecule has 3 aromatic carbocycles. The quantitative estimate of drug-likeness (QED) is 0.396. The first kappa shape index (κ1) is 22.3. The summed E-state index contributed by atoms with van der Waals surface area (Å²) in [5.41, 5.74) is 3.34. The smallest absolute Gasteiger partial charge is 0.322 e. The number of anilines is 1. The van der Waals surface area contributed by atoms with Crippen molar-refractivity contribution >= 4 is 22.6 Å². The molecule has 4 rings (SSSR count). The van der Waals surface area contributed by atoms with Crippen molar-refractivity contribution in [2.24, 2.45) is 0 Å². The van der Waals surface area contributed by atoms with Gasteiger partial charge in [0.25, 0.3) is 5.56 Å². The molecule has 0 unspecified atom stereocenters. The van der Waals surface area contributed by atoms with Gasteiger partial charge >= 0.3 is 6.03 Å². The van der Waals surface area contributed by atoms with Crippen LogP contribution in [0.25, 0.3) is 10.9 Å². The number of H-pyrrole nitrogens is 1. The number of urea groups is 1. The zero-order valence-corrected chi connectivity index (χ0v) is 18.5. The van der Waals surface area contributed by atoms with Crippen LogP contribution in [0.15, 0.2) is 83.7 Å². The van der Waals surface area contributed by atoms with Gasteiger partial charge in [-0.1, -0.05) is 55.5 Å². The molecule has 0 bridgehead atoms. The van der Waals surface area contributed by atoms with Crippen molar-refractivity contribution in [2.75, 3.05) is 11.9 Å². The molecule has 0 aliphatic heterocycles. The lowest BCUT2D eigenvalue weighted by molar-refractivity contribution is 0.209. The summed E-state index contributed by atoms with van der Waals surface area (Å²) >= 11 is 0. The highest BCUT2D eigenvalue weighted by Gasteiger charge is 2.18. The van der Waals surface area contributed by atoms with E-state index in [2.05, 4.69) is 17.2 Å². The van der Waals surface area contributed by atoms with Crippen LogP contribution in [0.2, 0.25) is 0 Å². The average Bonchev–Trinajstić information content (AvgIpc) is 2.83. The second kappa shape index (κ2) is 10.1. The van der Waals surface area contributed by atoms with Gasteiger partial charge in [-0.15, -0.1) is 0 Å². The molecule has 168 valence electrons. The van der Waals surface area contributed by atoms with Crippen LogP contribution >= 0.6 is 0 Å². The Morgan fingerprint density at radius 2 is 1.73 bits per heavy atom. The molecule has 1 aromatic heterocycles. The summed E-state index contributed by atoms with van der Waals surface area (Å²) in [5, 5.41) is 3.56. The van der Waals surface area contributed by atoms with E-state index < -0.39 is 11.8 Å². The number of hydrogen-bond acceptors (Lipinski definition) is 2. The third-order valence-corrected chi connectivity index (χ3v) is 5.67. The minimum Gasteiger partial charge on any atom is -0.322 e. The number of aromatic amines is 1. The van der Waals surface area contributed by atoms with Crippen LogP contribution in [0, 0.1) is 5.82 Å². The van der Waals surface area contributed by atoms with Gasteiger partial charge in [-0.3, -0.25) is 4.79 Å². The van der Waals surface area contributed by atoms with E-state index in [0.29, 0.717) is 18.5 Å². The molecule has 4 aromatic rings. The highest BCUT2D eigenvalue weighted by Crippen LogP contribution is 2.17. The van der Waals surface area contributed by atoms with Gasteiger partial charge in [-0.2, -0.15) is 0 Å². The number of amides is 2. The normalized spacial score (nSPS) is 10.8. The summed E-state index contributed by atoms with van der Waals surface area (Å²) in [6.45, 7) is 2.55. The van der Waals surface area contributed by atoms with E-state index in [1.165, 1.54) is 17.7 Å². The molecule has 2 amide bonds. The van der Waals surface area contributed by atoms with Crippen molar-refractivity contribution in [1.82, 2.24) is 9.88 Å². The number of halogens is 1. The summed E-state index contributed by atoms with van der Waals surface area (Å²) in [7, 11) is 0. The summed E-state index contributed by atoms with van der Waals surface area (Å²) < 4.78 is 14.1. The first-order valence-corrected chi connectivity index (χ1v) is 11.0. The Morgan fingerprint density at radius 3 is 2.48 bits per heavy atom. The molecule has 0 saturated carbocycles. The van der Waals surface area contributed by atoms with Crippen LogP contribution in [-0.4, -0.2) is 22.5 Å². The molecule has 0 fully saturated rings. The van der Waals surface area contributed by atoms with Gasteiger partial charge in [0, 0.05) is 17.6 Å². The number of aryl methyl sites for hydroxylation is 1. The number of fused-ring (bicyclic) bond motifs is 1. The number of hydrogen-bond donors (Lipinski definition) is 2. The number of aromatic nitrogens is 1. The molecule has 0 radical (unpaired) electrons. The standard InChI is InChI=1S/C27H26FN3O2/c1-2-19-12-13-24-21(16-19)17-22(26(32)29-24)18-31(15-14-20-8-4-3-5-9-20)27(33)30-25-11-7-6-10-23(25)28/h3-13,16-17H,2,14-15,18H2,1H3,(H,29,32)(H,30,33). The first-order chi connectivity index (χ1) is 16.0. The van der Waals surface area contributed by atoms with E-state index in [1.807, 2.05) is 54.6 Å². The Hall–Kier alpha value is -3.93. The number of nitrogens with zero attached hydrogens (tertiary/aromatic N) is 1. The molecule has 0 atom stereocenters. The topological polar surface area (TPSA) is 65.2 Å². The van der Waals surface area contributed by atoms with Crippen molar-refractivity contribution < 1.29 is 9.18 Å². The maximum absolute atomic E-state index is 14.1. The van der Waals surface area contributed by atoms with Crippen LogP contribution in [0.1, 0.15) is 23.6 Å². The van der Waals surface area contributed by atoms with E-state index in [1.54, 1.807) is 17.0 Å². The Balaban J connectivity index is 1.62. The molecule has 33 heavy (non-hydrogen) atoms. The molecule has 0 spiro atoms. The first-order valence-electron chi connectivity index (χ1n) is 11.0. The fourth-order valence-corrected chi connectivity index (χ4v) is 3.76. The van der Waals surface area contributed by atoms with Crippen LogP contribution in [0.4, 0.5) is 14.9 Å². The monoisotopic (exact) mass is 443 g/mol. The third-order valence-electron chi connectivity index (χ3n) is 5.67. The van der Waals surface area contributed by atoms with E-state index in [4.69, 9.17) is 0 Å². The Bertz CT molecular complexity index is 1320. The Labute approximate surface area is 191 Å². The summed E-state index contributed by atoms with van der Waals surface area (Å²) in [6.07, 6.45) is 1.50. The molecule has 0 aliphatic carbocycles. The van der Waals surface area contributed by atoms with Crippen LogP contribution in [0.5, 0.6) is 0 Å². The van der Waals surface area contributed by atoms with Gasteiger partial charge < -0.3 is 15.2 Å². The zero-order valence-electron chi connectivity index (χ0n) is 18.5. The van der Waals surface area contributed by atoms with Crippen molar-refractivity contribution in [2.45, 2.75) is 26.3 Å². The van der Waals surface area contributed by atoms with Crippen LogP contribution in [-0.2, 0) is 19.4 Å². The Morgan fingerprint density at radius 1 is 0.970 bits per heavy atom. The molecule has 5 nitrogen and oxygen atoms in total. The van der Waals surface area contributed by atoms with E-state index in [0.717, 1.165) is 22.9 Å². The fourth-order valence-electron chi connectivity index (χ4n) is 3.76. The van der Waals surface area contributed by atoms with Crippen molar-refractivity contribution in [3.8, 4) is 0 Å². The number of benzene rings is 3. The predicted octanol–water partition coefficient (Wildman–Crippen LogP) is 5.51. The lowest BCUT2D eigenvalue weighted by Crippen LogP contribution is -2.37. The minimum atomic E-state index is -0.510. The predicted molar refractivity (Wildman–Crippen MR) is 130 cm³/mol. The lowest BCUT2D eigenvalue weighted by atomic mass is 10.1. The van der Waals surface area contributed by atoms with Crippen molar-refractivity contribution in [1.29, 1.82) is 0 Å². The number of rotatable bonds is 7. The second-order valence-electron chi connectivity index (χ2n) is 7.97. The van der Waals surface area contributed by atoms with Crippen LogP contribution < -0.4 is 10.9 Å².